The van der Waals surface area contributed by atoms with E-state index in [0.717, 1.165) is 17.0 Å². The van der Waals surface area contributed by atoms with E-state index >= 15 is 0 Å². The maximum absolute atomic E-state index is 13.9. The van der Waals surface area contributed by atoms with Gasteiger partial charge in [0, 0.05) is 23.7 Å². The summed E-state index contributed by atoms with van der Waals surface area (Å²) in [5, 5.41) is 3.06. The van der Waals surface area contributed by atoms with Crippen LogP contribution in [0.1, 0.15) is 6.42 Å². The van der Waals surface area contributed by atoms with Gasteiger partial charge in [0.25, 0.3) is 0 Å². The van der Waals surface area contributed by atoms with Crippen LogP contribution in [0.2, 0.25) is 5.02 Å². The molecule has 0 bridgehead atoms. The molecule has 1 aliphatic heterocycles. The minimum atomic E-state index is -1.66. The second kappa shape index (κ2) is 6.76. The molecule has 1 heterocycles. The van der Waals surface area contributed by atoms with E-state index in [1.54, 1.807) is 24.3 Å². The Morgan fingerprint density at radius 2 is 1.92 bits per heavy atom. The van der Waals surface area contributed by atoms with Crippen LogP contribution in [0.15, 0.2) is 36.4 Å². The molecule has 0 aromatic heterocycles. The third-order valence-electron chi connectivity index (χ3n) is 3.89. The normalized spacial score (nSPS) is 17.0. The second-order valence-electron chi connectivity index (χ2n) is 5.60. The van der Waals surface area contributed by atoms with Crippen LogP contribution in [0.3, 0.4) is 0 Å². The highest BCUT2D eigenvalue weighted by Crippen LogP contribution is 2.30. The van der Waals surface area contributed by atoms with Gasteiger partial charge in [-0.15, -0.1) is 0 Å². The van der Waals surface area contributed by atoms with E-state index in [0.29, 0.717) is 10.7 Å². The fourth-order valence-electron chi connectivity index (χ4n) is 2.65. The van der Waals surface area contributed by atoms with Crippen LogP contribution >= 0.6 is 11.6 Å². The number of hydrogen-bond acceptors (Lipinski definition) is 2. The van der Waals surface area contributed by atoms with Crippen molar-refractivity contribution in [1.29, 1.82) is 0 Å². The summed E-state index contributed by atoms with van der Waals surface area (Å²) in [5.41, 5.74) is 0.0735. The number of rotatable bonds is 3. The summed E-state index contributed by atoms with van der Waals surface area (Å²) >= 11 is 5.84. The summed E-state index contributed by atoms with van der Waals surface area (Å²) in [6.45, 7) is -0.132. The van der Waals surface area contributed by atoms with Crippen molar-refractivity contribution >= 4 is 34.8 Å². The number of halogens is 4. The van der Waals surface area contributed by atoms with Gasteiger partial charge in [-0.3, -0.25) is 9.59 Å². The fraction of sp³-hybridized carbons (Fsp3) is 0.176. The topological polar surface area (TPSA) is 49.4 Å². The molecule has 1 atom stereocenters. The van der Waals surface area contributed by atoms with Crippen LogP contribution in [0.25, 0.3) is 0 Å². The zero-order valence-electron chi connectivity index (χ0n) is 12.7. The largest absolute Gasteiger partial charge is 0.326 e. The predicted octanol–water partition coefficient (Wildman–Crippen LogP) is 3.75. The Morgan fingerprint density at radius 3 is 2.64 bits per heavy atom. The number of nitrogens with one attached hydrogen (secondary N) is 1. The van der Waals surface area contributed by atoms with Gasteiger partial charge in [0.15, 0.2) is 17.5 Å². The van der Waals surface area contributed by atoms with E-state index in [1.165, 1.54) is 0 Å². The third kappa shape index (κ3) is 3.46. The number of benzene rings is 2. The van der Waals surface area contributed by atoms with Crippen LogP contribution in [-0.4, -0.2) is 18.4 Å². The maximum atomic E-state index is 13.9. The Balaban J connectivity index is 1.76. The summed E-state index contributed by atoms with van der Waals surface area (Å²) in [4.78, 5) is 25.3. The van der Waals surface area contributed by atoms with Gasteiger partial charge in [0.2, 0.25) is 11.8 Å². The molecule has 3 rings (SSSR count). The molecule has 1 fully saturated rings. The molecule has 2 aromatic rings. The van der Waals surface area contributed by atoms with Gasteiger partial charge in [-0.1, -0.05) is 17.7 Å². The van der Waals surface area contributed by atoms with E-state index in [2.05, 4.69) is 5.32 Å². The van der Waals surface area contributed by atoms with Crippen molar-refractivity contribution in [3.63, 3.8) is 0 Å². The molecular weight excluding hydrogens is 357 g/mol. The lowest BCUT2D eigenvalue weighted by Gasteiger charge is -2.18. The first-order valence-electron chi connectivity index (χ1n) is 7.37. The average molecular weight is 369 g/mol. The highest BCUT2D eigenvalue weighted by molar-refractivity contribution is 6.30. The van der Waals surface area contributed by atoms with Crippen LogP contribution in [0.5, 0.6) is 0 Å². The summed E-state index contributed by atoms with van der Waals surface area (Å²) in [6.07, 6.45) is -0.162. The maximum Gasteiger partial charge on any atom is 0.229 e. The highest BCUT2D eigenvalue weighted by atomic mass is 35.5. The van der Waals surface area contributed by atoms with Gasteiger partial charge in [-0.25, -0.2) is 13.2 Å². The van der Waals surface area contributed by atoms with Crippen molar-refractivity contribution in [3.8, 4) is 0 Å². The molecule has 2 amide bonds. The lowest BCUT2D eigenvalue weighted by atomic mass is 10.1. The molecule has 1 unspecified atom stereocenters. The first-order valence-corrected chi connectivity index (χ1v) is 7.75. The summed E-state index contributed by atoms with van der Waals surface area (Å²) in [7, 11) is 0. The van der Waals surface area contributed by atoms with E-state index in [1.807, 2.05) is 0 Å². The van der Waals surface area contributed by atoms with Gasteiger partial charge in [0.1, 0.15) is 0 Å². The third-order valence-corrected chi connectivity index (χ3v) is 4.13. The summed E-state index contributed by atoms with van der Waals surface area (Å²) < 4.78 is 40.3. The van der Waals surface area contributed by atoms with Gasteiger partial charge in [0.05, 0.1) is 11.6 Å². The second-order valence-corrected chi connectivity index (χ2v) is 6.04. The van der Waals surface area contributed by atoms with Crippen LogP contribution in [0, 0.1) is 23.4 Å². The molecule has 8 heteroatoms. The van der Waals surface area contributed by atoms with Crippen molar-refractivity contribution in [2.24, 2.45) is 5.92 Å². The number of hydrogen-bond donors (Lipinski definition) is 1. The SMILES string of the molecule is O=C(Nc1cccc(Cl)c1)C1CC(=O)N(c2ccc(F)c(F)c2F)C1. The van der Waals surface area contributed by atoms with E-state index < -0.39 is 35.2 Å². The molecule has 130 valence electrons. The zero-order valence-corrected chi connectivity index (χ0v) is 13.5. The molecule has 0 radical (unpaired) electrons. The first kappa shape index (κ1) is 17.3. The monoisotopic (exact) mass is 368 g/mol. The standard InChI is InChI=1S/C17H12ClF3N2O2/c18-10-2-1-3-11(7-10)22-17(25)9-6-14(24)23(8-9)13-5-4-12(19)15(20)16(13)21/h1-5,7,9H,6,8H2,(H,22,25). The van der Waals surface area contributed by atoms with Crippen molar-refractivity contribution in [2.75, 3.05) is 16.8 Å². The molecule has 0 aliphatic carbocycles. The fourth-order valence-corrected chi connectivity index (χ4v) is 2.84. The van der Waals surface area contributed by atoms with E-state index in [-0.39, 0.29) is 18.7 Å². The first-order chi connectivity index (χ1) is 11.9. The number of anilines is 2. The number of carbonyl (C=O) groups excluding carboxylic acids is 2. The number of nitrogens with zero attached hydrogens (tertiary/aromatic N) is 1. The van der Waals surface area contributed by atoms with Crippen molar-refractivity contribution < 1.29 is 22.8 Å². The highest BCUT2D eigenvalue weighted by Gasteiger charge is 2.37. The quantitative estimate of drug-likeness (QED) is 0.839. The van der Waals surface area contributed by atoms with Crippen LogP contribution in [-0.2, 0) is 9.59 Å². The molecule has 0 spiro atoms. The van der Waals surface area contributed by atoms with E-state index in [4.69, 9.17) is 11.6 Å². The Morgan fingerprint density at radius 1 is 1.16 bits per heavy atom. The molecule has 25 heavy (non-hydrogen) atoms. The summed E-state index contributed by atoms with van der Waals surface area (Å²) in [5.74, 6) is -6.19. The summed E-state index contributed by atoms with van der Waals surface area (Å²) in [6, 6.07) is 8.18. The Hall–Kier alpha value is -2.54. The average Bonchev–Trinajstić information content (AvgIpc) is 2.95. The van der Waals surface area contributed by atoms with Gasteiger partial charge >= 0.3 is 0 Å². The van der Waals surface area contributed by atoms with Gasteiger partial charge in [-0.2, -0.15) is 0 Å². The molecule has 1 saturated heterocycles. The molecule has 2 aromatic carbocycles. The van der Waals surface area contributed by atoms with Crippen molar-refractivity contribution in [3.05, 3.63) is 58.9 Å². The molecule has 1 N–H and O–H groups in total. The van der Waals surface area contributed by atoms with Crippen LogP contribution < -0.4 is 10.2 Å². The lowest BCUT2D eigenvalue weighted by Crippen LogP contribution is -2.29. The molecule has 0 saturated carbocycles. The minimum Gasteiger partial charge on any atom is -0.326 e. The molecule has 1 aliphatic rings. The smallest absolute Gasteiger partial charge is 0.229 e. The van der Waals surface area contributed by atoms with Gasteiger partial charge in [-0.05, 0) is 30.3 Å². The predicted molar refractivity (Wildman–Crippen MR) is 86.9 cm³/mol. The number of carbonyl (C=O) groups is 2. The minimum absolute atomic E-state index is 0.132. The Bertz CT molecular complexity index is 860. The Kier molecular flexibility index (Phi) is 4.67. The van der Waals surface area contributed by atoms with Crippen molar-refractivity contribution in [2.45, 2.75) is 6.42 Å². The van der Waals surface area contributed by atoms with Crippen molar-refractivity contribution in [1.82, 2.24) is 0 Å². The van der Waals surface area contributed by atoms with Crippen LogP contribution in [0.4, 0.5) is 24.5 Å². The zero-order chi connectivity index (χ0) is 18.1. The van der Waals surface area contributed by atoms with E-state index in [9.17, 15) is 22.8 Å². The number of amides is 2. The lowest BCUT2D eigenvalue weighted by molar-refractivity contribution is -0.122. The molecule has 4 nitrogen and oxygen atoms in total. The van der Waals surface area contributed by atoms with Gasteiger partial charge < -0.3 is 10.2 Å². The Labute approximate surface area is 146 Å². The molecular formula is C17H12ClF3N2O2.